The molecule has 2 N–H and O–H groups in total. The van der Waals surface area contributed by atoms with E-state index in [4.69, 9.17) is 4.74 Å². The lowest BCUT2D eigenvalue weighted by molar-refractivity contribution is -0.290. The van der Waals surface area contributed by atoms with Gasteiger partial charge in [-0.3, -0.25) is 0 Å². The molecule has 0 spiro atoms. The van der Waals surface area contributed by atoms with Crippen LogP contribution in [-0.2, 0) is 4.74 Å². The van der Waals surface area contributed by atoms with Crippen LogP contribution in [0.5, 0.6) is 0 Å². The van der Waals surface area contributed by atoms with Crippen molar-refractivity contribution in [3.05, 3.63) is 0 Å². The van der Waals surface area contributed by atoms with E-state index in [9.17, 15) is 23.4 Å². The van der Waals surface area contributed by atoms with Gasteiger partial charge in [-0.1, -0.05) is 20.8 Å². The standard InChI is InChI=1S/C31H51F3O3/c1-20(9-14-29(35)15-10-22(37-4)11-16-29)24-7-8-25-23-6-5-21-19-30(36,31(32,33)34)18-17-27(21,2)26(23)12-13-28(24,25)3/h20-26,35-36H,5-19H2,1-4H3/t20-,21+,22-,23+,24-,25+,26+,27+,28-,29+,30+/m1/s1. The fourth-order valence-corrected chi connectivity index (χ4v) is 10.8. The summed E-state index contributed by atoms with van der Waals surface area (Å²) in [5, 5.41) is 21.7. The van der Waals surface area contributed by atoms with Crippen LogP contribution in [0.1, 0.15) is 117 Å². The van der Waals surface area contributed by atoms with Gasteiger partial charge in [0.25, 0.3) is 0 Å². The summed E-state index contributed by atoms with van der Waals surface area (Å²) >= 11 is 0. The van der Waals surface area contributed by atoms with Crippen molar-refractivity contribution in [3.8, 4) is 0 Å². The van der Waals surface area contributed by atoms with Gasteiger partial charge in [-0.2, -0.15) is 13.2 Å². The normalized spacial score (nSPS) is 51.2. The molecule has 0 aromatic carbocycles. The Bertz CT molecular complexity index is 823. The summed E-state index contributed by atoms with van der Waals surface area (Å²) in [5.74, 6) is 3.00. The van der Waals surface area contributed by atoms with E-state index in [1.54, 1.807) is 7.11 Å². The van der Waals surface area contributed by atoms with E-state index < -0.39 is 17.4 Å². The Hall–Kier alpha value is -0.330. The molecule has 3 nitrogen and oxygen atoms in total. The molecule has 5 rings (SSSR count). The molecule has 5 saturated carbocycles. The van der Waals surface area contributed by atoms with Crippen molar-refractivity contribution in [3.63, 3.8) is 0 Å². The zero-order valence-electron chi connectivity index (χ0n) is 23.6. The lowest BCUT2D eigenvalue weighted by Crippen LogP contribution is -2.59. The van der Waals surface area contributed by atoms with E-state index in [1.165, 1.54) is 19.3 Å². The molecular weight excluding hydrogens is 477 g/mol. The van der Waals surface area contributed by atoms with Gasteiger partial charge in [-0.25, -0.2) is 0 Å². The molecule has 214 valence electrons. The Morgan fingerprint density at radius 3 is 2.16 bits per heavy atom. The van der Waals surface area contributed by atoms with Gasteiger partial charge in [0.1, 0.15) is 0 Å². The topological polar surface area (TPSA) is 49.7 Å². The van der Waals surface area contributed by atoms with Gasteiger partial charge in [0, 0.05) is 7.11 Å². The van der Waals surface area contributed by atoms with Crippen LogP contribution >= 0.6 is 0 Å². The second kappa shape index (κ2) is 9.65. The van der Waals surface area contributed by atoms with Crippen molar-refractivity contribution < 1.29 is 28.1 Å². The summed E-state index contributed by atoms with van der Waals surface area (Å²) in [5.41, 5.74) is -2.79. The number of aliphatic hydroxyl groups is 2. The number of hydrogen-bond donors (Lipinski definition) is 2. The van der Waals surface area contributed by atoms with E-state index in [0.717, 1.165) is 57.8 Å². The Morgan fingerprint density at radius 2 is 1.51 bits per heavy atom. The van der Waals surface area contributed by atoms with Gasteiger partial charge in [0.15, 0.2) is 5.60 Å². The predicted molar refractivity (Wildman–Crippen MR) is 139 cm³/mol. The monoisotopic (exact) mass is 528 g/mol. The van der Waals surface area contributed by atoms with Crippen molar-refractivity contribution in [2.45, 2.75) is 141 Å². The maximum Gasteiger partial charge on any atom is 0.417 e. The van der Waals surface area contributed by atoms with Crippen molar-refractivity contribution in [2.24, 2.45) is 46.3 Å². The lowest BCUT2D eigenvalue weighted by atomic mass is 9.43. The summed E-state index contributed by atoms with van der Waals surface area (Å²) in [7, 11) is 1.77. The minimum absolute atomic E-state index is 0.0245. The largest absolute Gasteiger partial charge is 0.417 e. The molecule has 0 amide bonds. The zero-order chi connectivity index (χ0) is 26.9. The van der Waals surface area contributed by atoms with Crippen LogP contribution in [0.15, 0.2) is 0 Å². The summed E-state index contributed by atoms with van der Waals surface area (Å²) in [4.78, 5) is 0. The van der Waals surface area contributed by atoms with E-state index in [1.807, 2.05) is 0 Å². The van der Waals surface area contributed by atoms with E-state index >= 15 is 0 Å². The Morgan fingerprint density at radius 1 is 0.838 bits per heavy atom. The molecule has 5 aliphatic rings. The second-order valence-electron chi connectivity index (χ2n) is 14.8. The van der Waals surface area contributed by atoms with Crippen LogP contribution in [-0.4, -0.2) is 40.8 Å². The smallest absolute Gasteiger partial charge is 0.390 e. The fourth-order valence-electron chi connectivity index (χ4n) is 10.8. The maximum absolute atomic E-state index is 13.7. The maximum atomic E-state index is 13.7. The third kappa shape index (κ3) is 4.71. The fraction of sp³-hybridized carbons (Fsp3) is 1.00. The summed E-state index contributed by atoms with van der Waals surface area (Å²) in [6, 6.07) is 0. The molecule has 37 heavy (non-hydrogen) atoms. The van der Waals surface area contributed by atoms with Crippen molar-refractivity contribution in [1.29, 1.82) is 0 Å². The summed E-state index contributed by atoms with van der Waals surface area (Å²) < 4.78 is 46.5. The number of alkyl halides is 3. The third-order valence-corrected chi connectivity index (χ3v) is 13.3. The number of rotatable bonds is 5. The van der Waals surface area contributed by atoms with Crippen molar-refractivity contribution >= 4 is 0 Å². The molecule has 0 aromatic heterocycles. The average molecular weight is 529 g/mol. The van der Waals surface area contributed by atoms with Crippen LogP contribution in [0.25, 0.3) is 0 Å². The minimum Gasteiger partial charge on any atom is -0.390 e. The molecule has 5 fully saturated rings. The Kier molecular flexibility index (Phi) is 7.35. The number of ether oxygens (including phenoxy) is 1. The summed E-state index contributed by atoms with van der Waals surface area (Å²) in [6.45, 7) is 7.20. The van der Waals surface area contributed by atoms with E-state index in [2.05, 4.69) is 20.8 Å². The van der Waals surface area contributed by atoms with Crippen molar-refractivity contribution in [2.75, 3.05) is 7.11 Å². The average Bonchev–Trinajstić information content (AvgIpc) is 3.20. The molecular formula is C31H51F3O3. The van der Waals surface area contributed by atoms with Gasteiger partial charge in [-0.15, -0.1) is 0 Å². The van der Waals surface area contributed by atoms with Crippen LogP contribution < -0.4 is 0 Å². The molecule has 5 aliphatic carbocycles. The quantitative estimate of drug-likeness (QED) is 0.385. The molecule has 0 aliphatic heterocycles. The molecule has 0 radical (unpaired) electrons. The van der Waals surface area contributed by atoms with Gasteiger partial charge in [0.05, 0.1) is 11.7 Å². The van der Waals surface area contributed by atoms with Gasteiger partial charge in [-0.05, 0) is 143 Å². The number of hydrogen-bond acceptors (Lipinski definition) is 3. The van der Waals surface area contributed by atoms with E-state index in [0.29, 0.717) is 47.5 Å². The van der Waals surface area contributed by atoms with Crippen LogP contribution in [0.3, 0.4) is 0 Å². The molecule has 6 heteroatoms. The summed E-state index contributed by atoms with van der Waals surface area (Å²) in [6.07, 6.45) is 8.25. The van der Waals surface area contributed by atoms with Crippen LogP contribution in [0.2, 0.25) is 0 Å². The first-order valence-electron chi connectivity index (χ1n) is 15.3. The van der Waals surface area contributed by atoms with Crippen LogP contribution in [0, 0.1) is 46.3 Å². The first-order valence-corrected chi connectivity index (χ1v) is 15.3. The molecule has 0 bridgehead atoms. The molecule has 0 heterocycles. The number of halogens is 3. The third-order valence-electron chi connectivity index (χ3n) is 13.3. The number of methoxy groups -OCH3 is 1. The molecule has 9 atom stereocenters. The SMILES string of the molecule is CO[C@H]1CC[C@](O)(CC[C@@H](C)[C@H]2CC[C@H]3[C@@H]4CC[C@H]5C[C@](O)(C(F)(F)F)CC[C@]5(C)[C@H]4CC[C@]23C)CC1. The Labute approximate surface area is 222 Å². The Balaban J connectivity index is 1.24. The highest BCUT2D eigenvalue weighted by atomic mass is 19.4. The van der Waals surface area contributed by atoms with Crippen molar-refractivity contribution in [1.82, 2.24) is 0 Å². The van der Waals surface area contributed by atoms with Gasteiger partial charge >= 0.3 is 6.18 Å². The molecule has 0 saturated heterocycles. The van der Waals surface area contributed by atoms with Gasteiger partial charge < -0.3 is 14.9 Å². The minimum atomic E-state index is -4.53. The van der Waals surface area contributed by atoms with Gasteiger partial charge in [0.2, 0.25) is 0 Å². The molecule has 0 unspecified atom stereocenters. The highest BCUT2D eigenvalue weighted by molar-refractivity contribution is 5.11. The lowest BCUT2D eigenvalue weighted by Gasteiger charge is -2.62. The highest BCUT2D eigenvalue weighted by Gasteiger charge is 2.65. The first kappa shape index (κ1) is 28.2. The highest BCUT2D eigenvalue weighted by Crippen LogP contribution is 2.69. The predicted octanol–water partition coefficient (Wildman–Crippen LogP) is 7.68. The molecule has 0 aromatic rings. The second-order valence-corrected chi connectivity index (χ2v) is 14.8. The first-order chi connectivity index (χ1) is 17.2. The number of fused-ring (bicyclic) bond motifs is 5. The van der Waals surface area contributed by atoms with Crippen LogP contribution in [0.4, 0.5) is 13.2 Å². The van der Waals surface area contributed by atoms with E-state index in [-0.39, 0.29) is 24.2 Å². The zero-order valence-corrected chi connectivity index (χ0v) is 23.6.